The van der Waals surface area contributed by atoms with Crippen LogP contribution in [0.3, 0.4) is 0 Å². The van der Waals surface area contributed by atoms with E-state index in [0.29, 0.717) is 5.02 Å². The Morgan fingerprint density at radius 2 is 1.87 bits per heavy atom. The van der Waals surface area contributed by atoms with Crippen molar-refractivity contribution in [3.8, 4) is 0 Å². The van der Waals surface area contributed by atoms with Gasteiger partial charge in [0.2, 0.25) is 0 Å². The van der Waals surface area contributed by atoms with Gasteiger partial charge in [0.15, 0.2) is 0 Å². The number of carbonyl (C=O) groups excluding carboxylic acids is 1. The number of carbonyl (C=O) groups is 1. The zero-order valence-electron chi connectivity index (χ0n) is 14.0. The lowest BCUT2D eigenvalue weighted by Crippen LogP contribution is -2.41. The predicted molar refractivity (Wildman–Crippen MR) is 94.6 cm³/mol. The molecule has 2 rings (SSSR count). The molecule has 1 saturated heterocycles. The second-order valence-electron chi connectivity index (χ2n) is 6.68. The second kappa shape index (κ2) is 6.75. The summed E-state index contributed by atoms with van der Waals surface area (Å²) in [5.74, 6) is -0.673. The third-order valence-corrected chi connectivity index (χ3v) is 5.40. The largest absolute Gasteiger partial charge is 0.469 e. The normalized spacial score (nSPS) is 20.4. The van der Waals surface area contributed by atoms with Crippen LogP contribution in [0.5, 0.6) is 0 Å². The Morgan fingerprint density at radius 1 is 1.30 bits per heavy atom. The van der Waals surface area contributed by atoms with E-state index in [1.807, 2.05) is 39.8 Å². The molecule has 1 aromatic rings. The Hall–Kier alpha value is -0.555. The molecule has 0 saturated carbocycles. The first-order valence-electron chi connectivity index (χ1n) is 7.45. The predicted octanol–water partition coefficient (Wildman–Crippen LogP) is 4.38. The van der Waals surface area contributed by atoms with E-state index in [1.165, 1.54) is 7.11 Å². The van der Waals surface area contributed by atoms with Crippen molar-refractivity contribution in [2.45, 2.75) is 51.1 Å². The van der Waals surface area contributed by atoms with E-state index >= 15 is 0 Å². The summed E-state index contributed by atoms with van der Waals surface area (Å²) in [6, 6.07) is 5.56. The Balaban J connectivity index is 2.38. The van der Waals surface area contributed by atoms with Gasteiger partial charge in [0, 0.05) is 15.3 Å². The van der Waals surface area contributed by atoms with Gasteiger partial charge >= 0.3 is 13.1 Å². The lowest BCUT2D eigenvalue weighted by Gasteiger charge is -2.32. The molecular weight excluding hydrogens is 382 g/mol. The summed E-state index contributed by atoms with van der Waals surface area (Å²) in [5, 5.41) is 0.558. The van der Waals surface area contributed by atoms with Crippen molar-refractivity contribution in [1.82, 2.24) is 0 Å². The number of ether oxygens (including phenoxy) is 1. The highest BCUT2D eigenvalue weighted by atomic mass is 79.9. The molecule has 0 aliphatic carbocycles. The highest BCUT2D eigenvalue weighted by Gasteiger charge is 2.54. The lowest BCUT2D eigenvalue weighted by atomic mass is 9.66. The monoisotopic (exact) mass is 402 g/mol. The van der Waals surface area contributed by atoms with Gasteiger partial charge in [-0.3, -0.25) is 4.79 Å². The zero-order valence-corrected chi connectivity index (χ0v) is 16.3. The maximum Gasteiger partial charge on any atom is 0.466 e. The Bertz CT molecular complexity index is 590. The number of benzene rings is 1. The average Bonchev–Trinajstić information content (AvgIpc) is 2.65. The minimum atomic E-state index is -0.572. The quantitative estimate of drug-likeness (QED) is 0.553. The van der Waals surface area contributed by atoms with Gasteiger partial charge in [-0.15, -0.1) is 0 Å². The summed E-state index contributed by atoms with van der Waals surface area (Å²) >= 11 is 9.77. The fourth-order valence-corrected chi connectivity index (χ4v) is 3.28. The highest BCUT2D eigenvalue weighted by Crippen LogP contribution is 2.43. The van der Waals surface area contributed by atoms with Crippen LogP contribution in [0.15, 0.2) is 22.7 Å². The molecule has 1 heterocycles. The second-order valence-corrected chi connectivity index (χ2v) is 8.00. The van der Waals surface area contributed by atoms with E-state index in [2.05, 4.69) is 15.9 Å². The number of hydrogen-bond acceptors (Lipinski definition) is 4. The summed E-state index contributed by atoms with van der Waals surface area (Å²) in [7, 11) is 0.796. The van der Waals surface area contributed by atoms with Crippen molar-refractivity contribution in [1.29, 1.82) is 0 Å². The van der Waals surface area contributed by atoms with E-state index in [0.717, 1.165) is 10.0 Å². The SMILES string of the molecule is COC(=O)CC(B1OC(C)(C)C(C)(C)O1)c1ccc(Br)cc1Cl. The van der Waals surface area contributed by atoms with Gasteiger partial charge in [-0.1, -0.05) is 33.6 Å². The first-order valence-corrected chi connectivity index (χ1v) is 8.62. The van der Waals surface area contributed by atoms with E-state index in [4.69, 9.17) is 25.6 Å². The van der Waals surface area contributed by atoms with Crippen LogP contribution in [0.4, 0.5) is 0 Å². The number of methoxy groups -OCH3 is 1. The number of halogens is 2. The third-order valence-electron chi connectivity index (χ3n) is 4.58. The molecule has 1 fully saturated rings. The summed E-state index contributed by atoms with van der Waals surface area (Å²) in [5.41, 5.74) is -0.152. The van der Waals surface area contributed by atoms with Crippen molar-refractivity contribution >= 4 is 40.6 Å². The summed E-state index contributed by atoms with van der Waals surface area (Å²) in [4.78, 5) is 11.9. The van der Waals surface area contributed by atoms with Gasteiger partial charge in [-0.05, 0) is 45.4 Å². The van der Waals surface area contributed by atoms with Gasteiger partial charge in [0.25, 0.3) is 0 Å². The van der Waals surface area contributed by atoms with Gasteiger partial charge in [0.05, 0.1) is 24.7 Å². The van der Waals surface area contributed by atoms with E-state index in [1.54, 1.807) is 6.07 Å². The van der Waals surface area contributed by atoms with Crippen LogP contribution < -0.4 is 0 Å². The van der Waals surface area contributed by atoms with Crippen molar-refractivity contribution in [2.75, 3.05) is 7.11 Å². The molecule has 0 aromatic heterocycles. The van der Waals surface area contributed by atoms with E-state index in [9.17, 15) is 4.79 Å². The van der Waals surface area contributed by atoms with E-state index in [-0.39, 0.29) is 18.2 Å². The standard InChI is InChI=1S/C16H21BBrClO4/c1-15(2)16(3,4)23-17(22-15)12(9-14(20)21-5)11-7-6-10(18)8-13(11)19/h6-8,12H,9H2,1-5H3. The summed E-state index contributed by atoms with van der Waals surface area (Å²) in [6.07, 6.45) is 0.134. The fourth-order valence-electron chi connectivity index (χ4n) is 2.47. The van der Waals surface area contributed by atoms with Crippen molar-refractivity contribution in [3.63, 3.8) is 0 Å². The molecule has 126 valence electrons. The first kappa shape index (κ1) is 18.8. The maximum absolute atomic E-state index is 11.9. The van der Waals surface area contributed by atoms with Crippen LogP contribution >= 0.6 is 27.5 Å². The Labute approximate surface area is 151 Å². The van der Waals surface area contributed by atoms with Crippen molar-refractivity contribution < 1.29 is 18.8 Å². The number of hydrogen-bond donors (Lipinski definition) is 0. The van der Waals surface area contributed by atoms with Crippen LogP contribution in [-0.4, -0.2) is 31.4 Å². The van der Waals surface area contributed by atoms with E-state index < -0.39 is 18.3 Å². The minimum Gasteiger partial charge on any atom is -0.469 e. The molecule has 0 radical (unpaired) electrons. The molecule has 1 aromatic carbocycles. The van der Waals surface area contributed by atoms with Gasteiger partial charge in [-0.25, -0.2) is 0 Å². The molecule has 4 nitrogen and oxygen atoms in total. The molecule has 0 spiro atoms. The van der Waals surface area contributed by atoms with Crippen LogP contribution in [0.25, 0.3) is 0 Å². The lowest BCUT2D eigenvalue weighted by molar-refractivity contribution is -0.140. The molecule has 7 heteroatoms. The van der Waals surface area contributed by atoms with Crippen molar-refractivity contribution in [3.05, 3.63) is 33.3 Å². The molecule has 1 unspecified atom stereocenters. The molecule has 23 heavy (non-hydrogen) atoms. The average molecular weight is 404 g/mol. The molecule has 0 amide bonds. The fraction of sp³-hybridized carbons (Fsp3) is 0.562. The maximum atomic E-state index is 11.9. The van der Waals surface area contributed by atoms with Crippen LogP contribution in [0.2, 0.25) is 5.02 Å². The topological polar surface area (TPSA) is 44.8 Å². The zero-order chi connectivity index (χ0) is 17.4. The van der Waals surface area contributed by atoms with Crippen LogP contribution in [-0.2, 0) is 18.8 Å². The third kappa shape index (κ3) is 3.93. The van der Waals surface area contributed by atoms with Crippen molar-refractivity contribution in [2.24, 2.45) is 0 Å². The smallest absolute Gasteiger partial charge is 0.466 e. The molecule has 0 bridgehead atoms. The van der Waals surface area contributed by atoms with Crippen LogP contribution in [0.1, 0.15) is 45.5 Å². The van der Waals surface area contributed by atoms with Gasteiger partial charge in [0.1, 0.15) is 0 Å². The molecule has 1 atom stereocenters. The minimum absolute atomic E-state index is 0.134. The number of rotatable bonds is 4. The summed E-state index contributed by atoms with van der Waals surface area (Å²) < 4.78 is 17.9. The number of esters is 1. The van der Waals surface area contributed by atoms with Crippen LogP contribution in [0, 0.1) is 0 Å². The first-order chi connectivity index (χ1) is 10.6. The van der Waals surface area contributed by atoms with Gasteiger partial charge < -0.3 is 14.0 Å². The highest BCUT2D eigenvalue weighted by molar-refractivity contribution is 9.10. The molecule has 1 aliphatic rings. The van der Waals surface area contributed by atoms with Gasteiger partial charge in [-0.2, -0.15) is 0 Å². The molecule has 1 aliphatic heterocycles. The Morgan fingerprint density at radius 3 is 2.35 bits per heavy atom. The Kier molecular flexibility index (Phi) is 5.51. The molecule has 0 N–H and O–H groups in total. The summed E-state index contributed by atoms with van der Waals surface area (Å²) in [6.45, 7) is 7.91. The molecular formula is C16H21BBrClO4.